The van der Waals surface area contributed by atoms with Crippen molar-refractivity contribution in [2.24, 2.45) is 0 Å². The quantitative estimate of drug-likeness (QED) is 0.755. The van der Waals surface area contributed by atoms with E-state index in [-0.39, 0.29) is 24.4 Å². The van der Waals surface area contributed by atoms with E-state index >= 15 is 0 Å². The lowest BCUT2D eigenvalue weighted by Gasteiger charge is -2.42. The molecule has 2 aliphatic heterocycles. The largest absolute Gasteiger partial charge is 0.368 e. The molecule has 1 N–H and O–H groups in total. The van der Waals surface area contributed by atoms with Gasteiger partial charge < -0.3 is 19.7 Å². The Morgan fingerprint density at radius 2 is 1.84 bits per heavy atom. The van der Waals surface area contributed by atoms with Gasteiger partial charge in [0, 0.05) is 25.6 Å². The lowest BCUT2D eigenvalue weighted by molar-refractivity contribution is -0.170. The van der Waals surface area contributed by atoms with E-state index < -0.39 is 11.7 Å². The summed E-state index contributed by atoms with van der Waals surface area (Å²) in [6.07, 6.45) is 1.60. The second kappa shape index (κ2) is 9.84. The van der Waals surface area contributed by atoms with Crippen LogP contribution in [0.5, 0.6) is 0 Å². The number of carbonyl (C=O) groups is 2. The fraction of sp³-hybridized carbons (Fsp3) is 0.462. The normalized spacial score (nSPS) is 23.3. The van der Waals surface area contributed by atoms with Gasteiger partial charge in [0.2, 0.25) is 0 Å². The van der Waals surface area contributed by atoms with Gasteiger partial charge in [-0.15, -0.1) is 0 Å². The molecule has 2 aliphatic rings. The van der Waals surface area contributed by atoms with Gasteiger partial charge in [-0.25, -0.2) is 0 Å². The van der Waals surface area contributed by atoms with Gasteiger partial charge in [-0.05, 0) is 43.4 Å². The minimum absolute atomic E-state index is 0.0309. The Labute approximate surface area is 189 Å². The highest BCUT2D eigenvalue weighted by molar-refractivity contribution is 5.88. The van der Waals surface area contributed by atoms with Crippen LogP contribution in [0.2, 0.25) is 0 Å². The number of ether oxygens (including phenoxy) is 2. The third kappa shape index (κ3) is 4.87. The van der Waals surface area contributed by atoms with Gasteiger partial charge in [0.25, 0.3) is 11.8 Å². The van der Waals surface area contributed by atoms with Crippen molar-refractivity contribution in [2.45, 2.75) is 50.9 Å². The zero-order valence-electron chi connectivity index (χ0n) is 18.9. The van der Waals surface area contributed by atoms with Crippen LogP contribution in [0.3, 0.4) is 0 Å². The average molecular weight is 437 g/mol. The van der Waals surface area contributed by atoms with Crippen LogP contribution in [-0.2, 0) is 25.5 Å². The van der Waals surface area contributed by atoms with E-state index in [9.17, 15) is 9.59 Å². The number of carbonyl (C=O) groups excluding carboxylic acids is 2. The number of amides is 2. The topological polar surface area (TPSA) is 67.9 Å². The van der Waals surface area contributed by atoms with Crippen LogP contribution in [0, 0.1) is 0 Å². The SMILES string of the molecule is CC(C)NC(=O)C1(Cc2ccccc2-c2ccccc2)CN(C(=O)C2CCCO2)CCO1. The second-order valence-electron chi connectivity index (χ2n) is 8.93. The number of morpholine rings is 1. The Bertz CT molecular complexity index is 940. The minimum atomic E-state index is -1.15. The smallest absolute Gasteiger partial charge is 0.254 e. The summed E-state index contributed by atoms with van der Waals surface area (Å²) in [7, 11) is 0. The molecular formula is C26H32N2O4. The van der Waals surface area contributed by atoms with Crippen LogP contribution in [0.25, 0.3) is 11.1 Å². The zero-order chi connectivity index (χ0) is 22.6. The molecular weight excluding hydrogens is 404 g/mol. The van der Waals surface area contributed by atoms with E-state index in [4.69, 9.17) is 9.47 Å². The Hall–Kier alpha value is -2.70. The molecule has 6 nitrogen and oxygen atoms in total. The summed E-state index contributed by atoms with van der Waals surface area (Å²) in [5, 5.41) is 3.03. The van der Waals surface area contributed by atoms with Crippen molar-refractivity contribution >= 4 is 11.8 Å². The number of nitrogens with one attached hydrogen (secondary N) is 1. The molecule has 170 valence electrons. The molecule has 6 heteroatoms. The van der Waals surface area contributed by atoms with Gasteiger partial charge >= 0.3 is 0 Å². The Kier molecular flexibility index (Phi) is 6.92. The maximum Gasteiger partial charge on any atom is 0.254 e. The van der Waals surface area contributed by atoms with Crippen molar-refractivity contribution in [3.63, 3.8) is 0 Å². The summed E-state index contributed by atoms with van der Waals surface area (Å²) in [5.74, 6) is -0.218. The molecule has 0 aliphatic carbocycles. The Balaban J connectivity index is 1.66. The first-order chi connectivity index (χ1) is 15.5. The van der Waals surface area contributed by atoms with Crippen molar-refractivity contribution in [3.05, 3.63) is 60.2 Å². The summed E-state index contributed by atoms with van der Waals surface area (Å²) < 4.78 is 11.8. The fourth-order valence-corrected chi connectivity index (χ4v) is 4.55. The molecule has 0 radical (unpaired) electrons. The average Bonchev–Trinajstić information content (AvgIpc) is 3.34. The predicted octanol–water partition coefficient (Wildman–Crippen LogP) is 3.20. The van der Waals surface area contributed by atoms with Gasteiger partial charge in [0.15, 0.2) is 5.60 Å². The predicted molar refractivity (Wildman–Crippen MR) is 123 cm³/mol. The second-order valence-corrected chi connectivity index (χ2v) is 8.93. The number of hydrogen-bond donors (Lipinski definition) is 1. The lowest BCUT2D eigenvalue weighted by Crippen LogP contribution is -2.63. The van der Waals surface area contributed by atoms with E-state index in [1.807, 2.05) is 50.2 Å². The highest BCUT2D eigenvalue weighted by Crippen LogP contribution is 2.31. The minimum Gasteiger partial charge on any atom is -0.368 e. The van der Waals surface area contributed by atoms with E-state index in [0.29, 0.717) is 26.2 Å². The monoisotopic (exact) mass is 436 g/mol. The maximum atomic E-state index is 13.5. The summed E-state index contributed by atoms with van der Waals surface area (Å²) in [6, 6.07) is 18.2. The van der Waals surface area contributed by atoms with Gasteiger partial charge in [-0.3, -0.25) is 9.59 Å². The van der Waals surface area contributed by atoms with E-state index in [2.05, 4.69) is 23.5 Å². The summed E-state index contributed by atoms with van der Waals surface area (Å²) in [4.78, 5) is 28.3. The molecule has 4 rings (SSSR count). The first-order valence-electron chi connectivity index (χ1n) is 11.5. The van der Waals surface area contributed by atoms with Gasteiger partial charge in [0.05, 0.1) is 13.2 Å². The molecule has 2 fully saturated rings. The standard InChI is InChI=1S/C26H32N2O4/c1-19(2)27-25(30)26(18-28(14-16-32-26)24(29)23-13-8-15-31-23)17-21-11-6-7-12-22(21)20-9-4-3-5-10-20/h3-7,9-12,19,23H,8,13-18H2,1-2H3,(H,27,30). The number of hydrogen-bond acceptors (Lipinski definition) is 4. The number of benzene rings is 2. The molecule has 0 spiro atoms. The van der Waals surface area contributed by atoms with E-state index in [0.717, 1.165) is 29.5 Å². The van der Waals surface area contributed by atoms with Gasteiger partial charge in [-0.2, -0.15) is 0 Å². The number of nitrogens with zero attached hydrogens (tertiary/aromatic N) is 1. The van der Waals surface area contributed by atoms with E-state index in [1.54, 1.807) is 4.90 Å². The molecule has 0 aromatic heterocycles. The van der Waals surface area contributed by atoms with Crippen LogP contribution < -0.4 is 5.32 Å². The molecule has 2 atom stereocenters. The van der Waals surface area contributed by atoms with Gasteiger partial charge in [-0.1, -0.05) is 54.6 Å². The molecule has 2 unspecified atom stereocenters. The molecule has 32 heavy (non-hydrogen) atoms. The van der Waals surface area contributed by atoms with Crippen LogP contribution in [0.4, 0.5) is 0 Å². The molecule has 2 saturated heterocycles. The van der Waals surface area contributed by atoms with Crippen LogP contribution in [0.1, 0.15) is 32.3 Å². The fourth-order valence-electron chi connectivity index (χ4n) is 4.55. The van der Waals surface area contributed by atoms with E-state index in [1.165, 1.54) is 0 Å². The molecule has 2 aromatic carbocycles. The Morgan fingerprint density at radius 3 is 2.56 bits per heavy atom. The highest BCUT2D eigenvalue weighted by Gasteiger charge is 2.46. The highest BCUT2D eigenvalue weighted by atomic mass is 16.5. The van der Waals surface area contributed by atoms with Crippen molar-refractivity contribution < 1.29 is 19.1 Å². The molecule has 2 heterocycles. The summed E-state index contributed by atoms with van der Waals surface area (Å²) in [5.41, 5.74) is 2.02. The third-order valence-electron chi connectivity index (χ3n) is 6.11. The first kappa shape index (κ1) is 22.5. The van der Waals surface area contributed by atoms with Crippen LogP contribution in [0.15, 0.2) is 54.6 Å². The third-order valence-corrected chi connectivity index (χ3v) is 6.11. The zero-order valence-corrected chi connectivity index (χ0v) is 18.9. The lowest BCUT2D eigenvalue weighted by atomic mass is 9.87. The molecule has 0 bridgehead atoms. The molecule has 2 amide bonds. The van der Waals surface area contributed by atoms with Crippen LogP contribution >= 0.6 is 0 Å². The van der Waals surface area contributed by atoms with Crippen molar-refractivity contribution in [1.29, 1.82) is 0 Å². The molecule has 0 saturated carbocycles. The van der Waals surface area contributed by atoms with Gasteiger partial charge in [0.1, 0.15) is 6.10 Å². The molecule has 2 aromatic rings. The maximum absolute atomic E-state index is 13.5. The summed E-state index contributed by atoms with van der Waals surface area (Å²) in [6.45, 7) is 5.48. The van der Waals surface area contributed by atoms with Crippen molar-refractivity contribution in [1.82, 2.24) is 10.2 Å². The van der Waals surface area contributed by atoms with Crippen molar-refractivity contribution in [2.75, 3.05) is 26.3 Å². The number of rotatable bonds is 6. The first-order valence-corrected chi connectivity index (χ1v) is 11.5. The Morgan fingerprint density at radius 1 is 1.09 bits per heavy atom. The van der Waals surface area contributed by atoms with Crippen molar-refractivity contribution in [3.8, 4) is 11.1 Å². The van der Waals surface area contributed by atoms with Crippen LogP contribution in [-0.4, -0.2) is 60.8 Å². The summed E-state index contributed by atoms with van der Waals surface area (Å²) >= 11 is 0.